The Balaban J connectivity index is 0.00000220. The zero-order valence-corrected chi connectivity index (χ0v) is 12.4. The highest BCUT2D eigenvalue weighted by molar-refractivity contribution is 7.89. The van der Waals surface area contributed by atoms with Gasteiger partial charge in [0.05, 0.1) is 16.3 Å². The van der Waals surface area contributed by atoms with Crippen molar-refractivity contribution >= 4 is 45.2 Å². The Hall–Kier alpha value is -2.16. The molecule has 112 valence electrons. The zero-order valence-electron chi connectivity index (χ0n) is 10.8. The van der Waals surface area contributed by atoms with Crippen LogP contribution in [0.2, 0.25) is 0 Å². The first-order valence-electron chi connectivity index (χ1n) is 5.56. The Bertz CT molecular complexity index is 760. The second kappa shape index (κ2) is 6.53. The van der Waals surface area contributed by atoms with E-state index in [4.69, 9.17) is 16.6 Å². The van der Waals surface area contributed by atoms with Gasteiger partial charge in [0.15, 0.2) is 0 Å². The van der Waals surface area contributed by atoms with Crippen LogP contribution in [-0.4, -0.2) is 8.42 Å². The summed E-state index contributed by atoms with van der Waals surface area (Å²) >= 11 is 0. The maximum absolute atomic E-state index is 11.1. The fourth-order valence-electron chi connectivity index (χ4n) is 1.48. The molecular weight excluding hydrogens is 314 g/mol. The van der Waals surface area contributed by atoms with Gasteiger partial charge in [-0.05, 0) is 42.5 Å². The van der Waals surface area contributed by atoms with Gasteiger partial charge in [0.2, 0.25) is 10.0 Å². The summed E-state index contributed by atoms with van der Waals surface area (Å²) in [6.45, 7) is 0. The van der Waals surface area contributed by atoms with E-state index >= 15 is 0 Å². The number of benzene rings is 2. The summed E-state index contributed by atoms with van der Waals surface area (Å²) in [4.78, 5) is 0.0171. The highest BCUT2D eigenvalue weighted by Gasteiger charge is 2.06. The van der Waals surface area contributed by atoms with Crippen LogP contribution in [0.15, 0.2) is 57.6 Å². The van der Waals surface area contributed by atoms with Crippen LogP contribution in [0.25, 0.3) is 0 Å². The van der Waals surface area contributed by atoms with Crippen LogP contribution in [0.4, 0.5) is 22.7 Å². The number of halogens is 1. The van der Waals surface area contributed by atoms with Crippen molar-refractivity contribution in [3.05, 3.63) is 42.5 Å². The number of nitrogen functional groups attached to an aromatic ring is 2. The summed E-state index contributed by atoms with van der Waals surface area (Å²) in [7, 11) is -3.70. The van der Waals surface area contributed by atoms with Gasteiger partial charge in [0, 0.05) is 5.69 Å². The lowest BCUT2D eigenvalue weighted by atomic mass is 10.2. The van der Waals surface area contributed by atoms with Crippen LogP contribution in [0.3, 0.4) is 0 Å². The summed E-state index contributed by atoms with van der Waals surface area (Å²) in [5.74, 6) is 0. The van der Waals surface area contributed by atoms with Crippen LogP contribution < -0.4 is 16.6 Å². The van der Waals surface area contributed by atoms with E-state index in [1.165, 1.54) is 24.3 Å². The molecule has 0 heterocycles. The molecule has 0 unspecified atom stereocenters. The van der Waals surface area contributed by atoms with E-state index in [0.717, 1.165) is 0 Å². The number of primary sulfonamides is 1. The van der Waals surface area contributed by atoms with Gasteiger partial charge in [-0.1, -0.05) is 0 Å². The van der Waals surface area contributed by atoms with Crippen molar-refractivity contribution in [2.75, 3.05) is 11.5 Å². The number of nitrogens with zero attached hydrogens (tertiary/aromatic N) is 2. The van der Waals surface area contributed by atoms with E-state index in [9.17, 15) is 8.42 Å². The molecule has 0 aliphatic rings. The first kappa shape index (κ1) is 16.9. The van der Waals surface area contributed by atoms with Crippen molar-refractivity contribution < 1.29 is 8.42 Å². The van der Waals surface area contributed by atoms with Crippen molar-refractivity contribution in [2.24, 2.45) is 15.4 Å². The summed E-state index contributed by atoms with van der Waals surface area (Å²) in [5, 5.41) is 12.9. The van der Waals surface area contributed by atoms with E-state index in [1.54, 1.807) is 18.2 Å². The van der Waals surface area contributed by atoms with E-state index in [2.05, 4.69) is 10.2 Å². The third-order valence-electron chi connectivity index (χ3n) is 2.49. The molecule has 7 nitrogen and oxygen atoms in total. The number of hydrogen-bond donors (Lipinski definition) is 3. The Labute approximate surface area is 128 Å². The molecule has 21 heavy (non-hydrogen) atoms. The quantitative estimate of drug-likeness (QED) is 0.588. The van der Waals surface area contributed by atoms with Gasteiger partial charge in [-0.2, -0.15) is 5.11 Å². The smallest absolute Gasteiger partial charge is 0.238 e. The number of rotatable bonds is 3. The Morgan fingerprint density at radius 3 is 2.05 bits per heavy atom. The predicted octanol–water partition coefficient (Wildman–Crippen LogP) is 2.34. The van der Waals surface area contributed by atoms with Crippen molar-refractivity contribution in [2.45, 2.75) is 4.90 Å². The van der Waals surface area contributed by atoms with Crippen LogP contribution in [0.5, 0.6) is 0 Å². The second-order valence-electron chi connectivity index (χ2n) is 4.06. The average Bonchev–Trinajstić information content (AvgIpc) is 2.37. The van der Waals surface area contributed by atoms with E-state index < -0.39 is 10.0 Å². The summed E-state index contributed by atoms with van der Waals surface area (Å²) in [6, 6.07) is 10.6. The molecule has 0 saturated carbocycles. The summed E-state index contributed by atoms with van der Waals surface area (Å²) in [5.41, 5.74) is 13.2. The Kier molecular flexibility index (Phi) is 5.25. The van der Waals surface area contributed by atoms with Crippen molar-refractivity contribution in [1.29, 1.82) is 0 Å². The molecule has 0 spiro atoms. The monoisotopic (exact) mass is 327 g/mol. The van der Waals surface area contributed by atoms with Gasteiger partial charge in [-0.15, -0.1) is 17.5 Å². The number of anilines is 2. The lowest BCUT2D eigenvalue weighted by Gasteiger charge is -2.00. The average molecular weight is 328 g/mol. The lowest BCUT2D eigenvalue weighted by molar-refractivity contribution is 0.598. The van der Waals surface area contributed by atoms with Crippen LogP contribution >= 0.6 is 12.4 Å². The molecule has 0 atom stereocenters. The number of sulfonamides is 1. The molecule has 9 heteroatoms. The molecule has 2 aromatic carbocycles. The molecule has 0 fully saturated rings. The summed E-state index contributed by atoms with van der Waals surface area (Å²) < 4.78 is 22.2. The minimum atomic E-state index is -3.70. The minimum absolute atomic E-state index is 0. The van der Waals surface area contributed by atoms with Gasteiger partial charge in [0.1, 0.15) is 5.69 Å². The lowest BCUT2D eigenvalue weighted by Crippen LogP contribution is -2.11. The topological polar surface area (TPSA) is 137 Å². The largest absolute Gasteiger partial charge is 0.399 e. The maximum atomic E-state index is 11.1. The number of azo groups is 1. The highest BCUT2D eigenvalue weighted by Crippen LogP contribution is 2.26. The normalized spacial score (nSPS) is 11.3. The molecule has 0 aliphatic heterocycles. The van der Waals surface area contributed by atoms with Gasteiger partial charge >= 0.3 is 0 Å². The van der Waals surface area contributed by atoms with Gasteiger partial charge in [-0.25, -0.2) is 13.6 Å². The van der Waals surface area contributed by atoms with Gasteiger partial charge < -0.3 is 11.5 Å². The first-order valence-corrected chi connectivity index (χ1v) is 7.10. The molecule has 0 radical (unpaired) electrons. The molecule has 0 amide bonds. The van der Waals surface area contributed by atoms with E-state index in [0.29, 0.717) is 22.7 Å². The molecule has 0 bridgehead atoms. The molecule has 0 aliphatic carbocycles. The molecular formula is C12H14ClN5O2S. The Morgan fingerprint density at radius 1 is 0.905 bits per heavy atom. The van der Waals surface area contributed by atoms with E-state index in [-0.39, 0.29) is 17.3 Å². The summed E-state index contributed by atoms with van der Waals surface area (Å²) in [6.07, 6.45) is 0. The fourth-order valence-corrected chi connectivity index (χ4v) is 1.99. The number of hydrogen-bond acceptors (Lipinski definition) is 6. The van der Waals surface area contributed by atoms with Crippen molar-refractivity contribution in [3.8, 4) is 0 Å². The van der Waals surface area contributed by atoms with Gasteiger partial charge in [0.25, 0.3) is 0 Å². The van der Waals surface area contributed by atoms with Crippen LogP contribution in [-0.2, 0) is 10.0 Å². The molecule has 0 saturated heterocycles. The second-order valence-corrected chi connectivity index (χ2v) is 5.62. The molecule has 0 aromatic heterocycles. The maximum Gasteiger partial charge on any atom is 0.238 e. The zero-order chi connectivity index (χ0) is 14.8. The Morgan fingerprint density at radius 2 is 1.52 bits per heavy atom. The highest BCUT2D eigenvalue weighted by atomic mass is 35.5. The molecule has 2 rings (SSSR count). The fraction of sp³-hybridized carbons (Fsp3) is 0. The molecule has 6 N–H and O–H groups in total. The van der Waals surface area contributed by atoms with Crippen molar-refractivity contribution in [3.63, 3.8) is 0 Å². The molecule has 2 aromatic rings. The SMILES string of the molecule is Cl.Nc1ccc(N=Nc2ccc(S(N)(=O)=O)cc2)c(N)c1. The number of nitrogens with two attached hydrogens (primary N) is 3. The van der Waals surface area contributed by atoms with Crippen LogP contribution in [0.1, 0.15) is 0 Å². The standard InChI is InChI=1S/C12H13N5O2S.ClH/c13-8-1-6-12(11(14)7-8)17-16-9-2-4-10(5-3-9)20(15,18)19;/h1-7H,13-14H2,(H2,15,18,19);1H. The van der Waals surface area contributed by atoms with Gasteiger partial charge in [-0.3, -0.25) is 0 Å². The third kappa shape index (κ3) is 4.42. The van der Waals surface area contributed by atoms with E-state index in [1.807, 2.05) is 0 Å². The van der Waals surface area contributed by atoms with Crippen molar-refractivity contribution in [1.82, 2.24) is 0 Å². The predicted molar refractivity (Wildman–Crippen MR) is 84.5 cm³/mol. The van der Waals surface area contributed by atoms with Crippen LogP contribution in [0, 0.1) is 0 Å². The first-order chi connectivity index (χ1) is 9.36. The minimum Gasteiger partial charge on any atom is -0.399 e. The third-order valence-corrected chi connectivity index (χ3v) is 3.42.